The second-order valence-electron chi connectivity index (χ2n) is 9.88. The fraction of sp³-hybridized carbons (Fsp3) is 0.355. The van der Waals surface area contributed by atoms with E-state index < -0.39 is 47.0 Å². The zero-order chi connectivity index (χ0) is 31.8. The number of carboxylic acid groups (broad SMARTS) is 1. The van der Waals surface area contributed by atoms with Crippen LogP contribution in [0.4, 0.5) is 26.3 Å². The Kier molecular flexibility index (Phi) is 11.5. The van der Waals surface area contributed by atoms with Crippen molar-refractivity contribution in [1.29, 1.82) is 0 Å². The fourth-order valence-electron chi connectivity index (χ4n) is 4.43. The lowest BCUT2D eigenvalue weighted by molar-refractivity contribution is -0.143. The van der Waals surface area contributed by atoms with Crippen LogP contribution in [0.5, 0.6) is 5.75 Å². The Bertz CT molecular complexity index is 1410. The third-order valence-corrected chi connectivity index (χ3v) is 6.96. The van der Waals surface area contributed by atoms with E-state index in [1.807, 2.05) is 0 Å². The Morgan fingerprint density at radius 2 is 1.56 bits per heavy atom. The molecule has 0 aromatic heterocycles. The maximum absolute atomic E-state index is 13.7. The van der Waals surface area contributed by atoms with Crippen LogP contribution in [-0.2, 0) is 17.1 Å². The number of carbonyl (C=O) groups excluding carboxylic acids is 1. The summed E-state index contributed by atoms with van der Waals surface area (Å²) in [4.78, 5) is 23.0. The van der Waals surface area contributed by atoms with Gasteiger partial charge in [-0.15, -0.1) is 0 Å². The van der Waals surface area contributed by atoms with Crippen LogP contribution in [0.15, 0.2) is 60.7 Å². The first-order valence-corrected chi connectivity index (χ1v) is 13.9. The molecule has 0 heterocycles. The standard InChI is InChI=1S/C31H30ClF6NO4/c1-2-3-4-5-6-27(19-7-9-20(10-8-19)29(42)39-16-15-28(40)41)43-22-12-14-24(26(32)18-22)23-13-11-21(30(33,34)35)17-25(23)31(36,37)38/h7-14,17-18,27H,2-6,15-16H2,1H3,(H,39,42)(H,40,41). The molecule has 0 fully saturated rings. The number of ether oxygens (including phenoxy) is 1. The van der Waals surface area contributed by atoms with E-state index in [1.54, 1.807) is 24.3 Å². The third-order valence-electron chi connectivity index (χ3n) is 6.65. The molecule has 3 aromatic carbocycles. The van der Waals surface area contributed by atoms with E-state index in [4.69, 9.17) is 21.4 Å². The Morgan fingerprint density at radius 3 is 2.14 bits per heavy atom. The van der Waals surface area contributed by atoms with Gasteiger partial charge in [0.1, 0.15) is 11.9 Å². The molecule has 5 nitrogen and oxygen atoms in total. The number of hydrogen-bond acceptors (Lipinski definition) is 3. The quantitative estimate of drug-likeness (QED) is 0.146. The summed E-state index contributed by atoms with van der Waals surface area (Å²) in [7, 11) is 0. The predicted molar refractivity (Wildman–Crippen MR) is 150 cm³/mol. The number of carboxylic acids is 1. The van der Waals surface area contributed by atoms with Crippen LogP contribution < -0.4 is 10.1 Å². The van der Waals surface area contributed by atoms with Crippen molar-refractivity contribution in [2.24, 2.45) is 0 Å². The maximum atomic E-state index is 13.7. The highest BCUT2D eigenvalue weighted by Gasteiger charge is 2.38. The summed E-state index contributed by atoms with van der Waals surface area (Å²) in [5, 5.41) is 11.1. The van der Waals surface area contributed by atoms with Gasteiger partial charge in [0, 0.05) is 17.7 Å². The Morgan fingerprint density at radius 1 is 0.884 bits per heavy atom. The van der Waals surface area contributed by atoms with Crippen LogP contribution in [0.2, 0.25) is 5.02 Å². The van der Waals surface area contributed by atoms with Crippen molar-refractivity contribution in [2.75, 3.05) is 6.54 Å². The molecule has 0 bridgehead atoms. The van der Waals surface area contributed by atoms with Crippen LogP contribution in [0, 0.1) is 0 Å². The summed E-state index contributed by atoms with van der Waals surface area (Å²) in [5.74, 6) is -1.23. The van der Waals surface area contributed by atoms with Crippen molar-refractivity contribution in [1.82, 2.24) is 5.32 Å². The average molecular weight is 630 g/mol. The first kappa shape index (κ1) is 33.8. The average Bonchev–Trinajstić information content (AvgIpc) is 2.93. The number of benzene rings is 3. The molecular weight excluding hydrogens is 600 g/mol. The summed E-state index contributed by atoms with van der Waals surface area (Å²) in [6, 6.07) is 11.9. The molecule has 0 saturated carbocycles. The van der Waals surface area contributed by atoms with Gasteiger partial charge in [0.2, 0.25) is 0 Å². The zero-order valence-corrected chi connectivity index (χ0v) is 23.9. The molecule has 3 rings (SSSR count). The number of aliphatic carboxylic acids is 1. The van der Waals surface area contributed by atoms with Crippen molar-refractivity contribution in [3.8, 4) is 16.9 Å². The topological polar surface area (TPSA) is 75.6 Å². The molecule has 3 aromatic rings. The number of nitrogens with one attached hydrogen (secondary N) is 1. The molecule has 0 spiro atoms. The molecule has 43 heavy (non-hydrogen) atoms. The lowest BCUT2D eigenvalue weighted by Crippen LogP contribution is -2.26. The minimum Gasteiger partial charge on any atom is -0.486 e. The van der Waals surface area contributed by atoms with E-state index in [-0.39, 0.29) is 35.4 Å². The Balaban J connectivity index is 1.86. The highest BCUT2D eigenvalue weighted by Crippen LogP contribution is 2.43. The van der Waals surface area contributed by atoms with Gasteiger partial charge in [-0.25, -0.2) is 0 Å². The van der Waals surface area contributed by atoms with E-state index >= 15 is 0 Å². The molecule has 12 heteroatoms. The molecule has 0 saturated heterocycles. The monoisotopic (exact) mass is 629 g/mol. The fourth-order valence-corrected chi connectivity index (χ4v) is 4.70. The number of amides is 1. The normalized spacial score (nSPS) is 12.6. The second-order valence-corrected chi connectivity index (χ2v) is 10.3. The molecule has 0 aliphatic carbocycles. The second kappa shape index (κ2) is 14.6. The number of halogens is 7. The van der Waals surface area contributed by atoms with Gasteiger partial charge in [-0.2, -0.15) is 26.3 Å². The lowest BCUT2D eigenvalue weighted by atomic mass is 9.96. The molecule has 1 unspecified atom stereocenters. The molecule has 2 N–H and O–H groups in total. The molecular formula is C31H30ClF6NO4. The van der Waals surface area contributed by atoms with E-state index in [2.05, 4.69) is 12.2 Å². The van der Waals surface area contributed by atoms with Crippen LogP contribution in [0.3, 0.4) is 0 Å². The highest BCUT2D eigenvalue weighted by atomic mass is 35.5. The smallest absolute Gasteiger partial charge is 0.417 e. The molecule has 1 amide bonds. The number of hydrogen-bond donors (Lipinski definition) is 2. The molecule has 0 radical (unpaired) electrons. The van der Waals surface area contributed by atoms with E-state index in [9.17, 15) is 35.9 Å². The lowest BCUT2D eigenvalue weighted by Gasteiger charge is -2.21. The van der Waals surface area contributed by atoms with Gasteiger partial charge >= 0.3 is 18.3 Å². The van der Waals surface area contributed by atoms with Crippen LogP contribution in [0.1, 0.15) is 78.6 Å². The van der Waals surface area contributed by atoms with Crippen LogP contribution in [0.25, 0.3) is 11.1 Å². The van der Waals surface area contributed by atoms with Crippen molar-refractivity contribution >= 4 is 23.5 Å². The van der Waals surface area contributed by atoms with Gasteiger partial charge in [-0.05, 0) is 66.4 Å². The molecule has 232 valence electrons. The maximum Gasteiger partial charge on any atom is 0.417 e. The highest BCUT2D eigenvalue weighted by molar-refractivity contribution is 6.33. The molecule has 1 atom stereocenters. The SMILES string of the molecule is CCCCCCC(Oc1ccc(-c2ccc(C(F)(F)F)cc2C(F)(F)F)c(Cl)c1)c1ccc(C(=O)NCCC(=O)O)cc1. The number of rotatable bonds is 13. The first-order chi connectivity index (χ1) is 20.2. The van der Waals surface area contributed by atoms with Gasteiger partial charge in [-0.3, -0.25) is 9.59 Å². The minimum absolute atomic E-state index is 0.0211. The minimum atomic E-state index is -5.06. The predicted octanol–water partition coefficient (Wildman–Crippen LogP) is 9.34. The van der Waals surface area contributed by atoms with Crippen LogP contribution in [-0.4, -0.2) is 23.5 Å². The molecule has 0 aliphatic rings. The van der Waals surface area contributed by atoms with Gasteiger partial charge in [0.05, 0.1) is 22.6 Å². The Labute approximate surface area is 249 Å². The zero-order valence-electron chi connectivity index (χ0n) is 23.1. The van der Waals surface area contributed by atoms with E-state index in [0.29, 0.717) is 18.1 Å². The van der Waals surface area contributed by atoms with Crippen molar-refractivity contribution in [3.05, 3.63) is 87.9 Å². The summed E-state index contributed by atoms with van der Waals surface area (Å²) in [5.41, 5.74) is -2.43. The van der Waals surface area contributed by atoms with E-state index in [0.717, 1.165) is 37.3 Å². The Hall–Kier alpha value is -3.73. The van der Waals surface area contributed by atoms with Crippen LogP contribution >= 0.6 is 11.6 Å². The van der Waals surface area contributed by atoms with E-state index in [1.165, 1.54) is 18.2 Å². The number of carbonyl (C=O) groups is 2. The first-order valence-electron chi connectivity index (χ1n) is 13.6. The summed E-state index contributed by atoms with van der Waals surface area (Å²) < 4.78 is 86.7. The third kappa shape index (κ3) is 9.64. The van der Waals surface area contributed by atoms with Crippen molar-refractivity contribution in [3.63, 3.8) is 0 Å². The van der Waals surface area contributed by atoms with Gasteiger partial charge in [0.15, 0.2) is 0 Å². The number of alkyl halides is 6. The van der Waals surface area contributed by atoms with Crippen molar-refractivity contribution in [2.45, 2.75) is 63.9 Å². The van der Waals surface area contributed by atoms with Crippen molar-refractivity contribution < 1.29 is 45.8 Å². The van der Waals surface area contributed by atoms with Gasteiger partial charge in [-0.1, -0.05) is 56.0 Å². The van der Waals surface area contributed by atoms with Gasteiger partial charge in [0.25, 0.3) is 5.91 Å². The summed E-state index contributed by atoms with van der Waals surface area (Å²) >= 11 is 6.36. The number of unbranched alkanes of at least 4 members (excludes halogenated alkanes) is 3. The summed E-state index contributed by atoms with van der Waals surface area (Å²) in [6.07, 6.45) is -6.37. The summed E-state index contributed by atoms with van der Waals surface area (Å²) in [6.45, 7) is 2.05. The van der Waals surface area contributed by atoms with Gasteiger partial charge < -0.3 is 15.2 Å². The largest absolute Gasteiger partial charge is 0.486 e. The molecule has 0 aliphatic heterocycles.